The van der Waals surface area contributed by atoms with Gasteiger partial charge in [-0.3, -0.25) is 0 Å². The van der Waals surface area contributed by atoms with Gasteiger partial charge in [-0.25, -0.2) is 13.4 Å². The van der Waals surface area contributed by atoms with Crippen LogP contribution >= 0.6 is 11.8 Å². The largest absolute Gasteiger partial charge is 0.316 e. The first-order valence-corrected chi connectivity index (χ1v) is 9.37. The molecule has 0 aromatic carbocycles. The second kappa shape index (κ2) is 7.97. The van der Waals surface area contributed by atoms with Crippen LogP contribution in [0.3, 0.4) is 0 Å². The monoisotopic (exact) mass is 317 g/mol. The lowest BCUT2D eigenvalue weighted by Gasteiger charge is -2.25. The zero-order valence-electron chi connectivity index (χ0n) is 12.5. The molecule has 0 aliphatic carbocycles. The third kappa shape index (κ3) is 4.18. The number of nitrogens with zero attached hydrogens (tertiary/aromatic N) is 2. The number of sulfonamides is 1. The van der Waals surface area contributed by atoms with Gasteiger partial charge in [-0.2, -0.15) is 16.1 Å². The Kier molecular flexibility index (Phi) is 6.94. The van der Waals surface area contributed by atoms with Crippen LogP contribution in [0.15, 0.2) is 23.4 Å². The van der Waals surface area contributed by atoms with E-state index in [4.69, 9.17) is 0 Å². The number of hydrogen-bond donors (Lipinski definition) is 1. The van der Waals surface area contributed by atoms with Crippen LogP contribution in [0.4, 0.5) is 0 Å². The number of nitrogens with one attached hydrogen (secondary N) is 1. The van der Waals surface area contributed by atoms with Gasteiger partial charge in [0.1, 0.15) is 0 Å². The summed E-state index contributed by atoms with van der Waals surface area (Å²) in [5, 5.41) is 3.12. The van der Waals surface area contributed by atoms with Crippen molar-refractivity contribution in [3.8, 4) is 0 Å². The van der Waals surface area contributed by atoms with Gasteiger partial charge in [0.15, 0.2) is 5.03 Å². The molecule has 0 saturated carbocycles. The van der Waals surface area contributed by atoms with Gasteiger partial charge in [0.25, 0.3) is 10.0 Å². The van der Waals surface area contributed by atoms with E-state index in [2.05, 4.69) is 10.3 Å². The van der Waals surface area contributed by atoms with Gasteiger partial charge in [-0.05, 0) is 31.4 Å². The van der Waals surface area contributed by atoms with Gasteiger partial charge >= 0.3 is 0 Å². The molecule has 0 radical (unpaired) electrons. The molecular weight excluding hydrogens is 294 g/mol. The Hall–Kier alpha value is -0.630. The highest BCUT2D eigenvalue weighted by Crippen LogP contribution is 2.18. The summed E-state index contributed by atoms with van der Waals surface area (Å²) in [6.45, 7) is 2.67. The summed E-state index contributed by atoms with van der Waals surface area (Å²) in [5.41, 5.74) is 0.963. The highest BCUT2D eigenvalue weighted by molar-refractivity contribution is 7.98. The maximum Gasteiger partial charge on any atom is 0.260 e. The first kappa shape index (κ1) is 17.4. The quantitative estimate of drug-likeness (QED) is 0.788. The Morgan fingerprint density at radius 1 is 1.45 bits per heavy atom. The maximum absolute atomic E-state index is 12.5. The Balaban J connectivity index is 2.97. The summed E-state index contributed by atoms with van der Waals surface area (Å²) >= 11 is 1.65. The summed E-state index contributed by atoms with van der Waals surface area (Å²) in [5.74, 6) is 0.782. The normalized spacial score (nSPS) is 13.7. The molecule has 5 nitrogen and oxygen atoms in total. The minimum atomic E-state index is -3.52. The van der Waals surface area contributed by atoms with Crippen molar-refractivity contribution in [2.75, 3.05) is 26.1 Å². The Bertz CT molecular complexity index is 503. The van der Waals surface area contributed by atoms with Gasteiger partial charge in [-0.15, -0.1) is 0 Å². The van der Waals surface area contributed by atoms with Crippen LogP contribution in [0.25, 0.3) is 0 Å². The van der Waals surface area contributed by atoms with Crippen LogP contribution in [-0.2, 0) is 16.6 Å². The molecule has 1 unspecified atom stereocenters. The minimum absolute atomic E-state index is 0.00575. The van der Waals surface area contributed by atoms with E-state index in [-0.39, 0.29) is 11.1 Å². The molecule has 1 rings (SSSR count). The molecule has 0 fully saturated rings. The highest BCUT2D eigenvalue weighted by atomic mass is 32.2. The van der Waals surface area contributed by atoms with Crippen molar-refractivity contribution in [1.29, 1.82) is 0 Å². The van der Waals surface area contributed by atoms with Gasteiger partial charge in [-0.1, -0.05) is 13.0 Å². The van der Waals surface area contributed by atoms with Crippen molar-refractivity contribution in [3.63, 3.8) is 0 Å². The van der Waals surface area contributed by atoms with Gasteiger partial charge in [0, 0.05) is 31.6 Å². The van der Waals surface area contributed by atoms with Crippen molar-refractivity contribution in [2.45, 2.75) is 31.0 Å². The molecule has 1 N–H and O–H groups in total. The minimum Gasteiger partial charge on any atom is -0.316 e. The standard InChI is InChI=1S/C13H23N3O2S2/c1-5-12(10-19-4)16(3)20(17,18)13-7-6-11(8-14-2)9-15-13/h6-7,9,12,14H,5,8,10H2,1-4H3. The first-order valence-electron chi connectivity index (χ1n) is 6.53. The SMILES string of the molecule is CCC(CSC)N(C)S(=O)(=O)c1ccc(CNC)cn1. The molecule has 20 heavy (non-hydrogen) atoms. The molecule has 114 valence electrons. The van der Waals surface area contributed by atoms with E-state index in [1.165, 1.54) is 4.31 Å². The van der Waals surface area contributed by atoms with E-state index in [1.54, 1.807) is 37.1 Å². The van der Waals surface area contributed by atoms with Crippen molar-refractivity contribution in [2.24, 2.45) is 0 Å². The van der Waals surface area contributed by atoms with Crippen LogP contribution in [0.2, 0.25) is 0 Å². The lowest BCUT2D eigenvalue weighted by Crippen LogP contribution is -2.38. The third-order valence-electron chi connectivity index (χ3n) is 3.17. The topological polar surface area (TPSA) is 62.3 Å². The molecule has 0 bridgehead atoms. The predicted octanol–water partition coefficient (Wildman–Crippen LogP) is 1.56. The predicted molar refractivity (Wildman–Crippen MR) is 84.4 cm³/mol. The fraction of sp³-hybridized carbons (Fsp3) is 0.615. The molecule has 1 aromatic heterocycles. The Morgan fingerprint density at radius 3 is 2.60 bits per heavy atom. The fourth-order valence-electron chi connectivity index (χ4n) is 1.89. The van der Waals surface area contributed by atoms with Crippen molar-refractivity contribution in [1.82, 2.24) is 14.6 Å². The van der Waals surface area contributed by atoms with Crippen LogP contribution in [0, 0.1) is 0 Å². The van der Waals surface area contributed by atoms with E-state index in [0.717, 1.165) is 17.7 Å². The van der Waals surface area contributed by atoms with Crippen LogP contribution in [-0.4, -0.2) is 49.9 Å². The van der Waals surface area contributed by atoms with Crippen LogP contribution in [0.5, 0.6) is 0 Å². The van der Waals surface area contributed by atoms with Gasteiger partial charge in [0.05, 0.1) is 0 Å². The van der Waals surface area contributed by atoms with E-state index in [0.29, 0.717) is 6.54 Å². The van der Waals surface area contributed by atoms with Crippen LogP contribution < -0.4 is 5.32 Å². The molecule has 0 amide bonds. The molecular formula is C13H23N3O2S2. The summed E-state index contributed by atoms with van der Waals surface area (Å²) in [6, 6.07) is 3.36. The smallest absolute Gasteiger partial charge is 0.260 e. The molecule has 1 atom stereocenters. The molecule has 7 heteroatoms. The number of thioether (sulfide) groups is 1. The summed E-state index contributed by atoms with van der Waals surface area (Å²) in [6.07, 6.45) is 4.37. The number of aromatic nitrogens is 1. The number of hydrogen-bond acceptors (Lipinski definition) is 5. The molecule has 1 heterocycles. The summed E-state index contributed by atoms with van der Waals surface area (Å²) < 4.78 is 26.5. The summed E-state index contributed by atoms with van der Waals surface area (Å²) in [4.78, 5) is 4.09. The Labute approximate surface area is 126 Å². The second-order valence-corrected chi connectivity index (χ2v) is 7.43. The molecule has 1 aromatic rings. The Morgan fingerprint density at radius 2 is 2.15 bits per heavy atom. The number of pyridine rings is 1. The fourth-order valence-corrected chi connectivity index (χ4v) is 4.16. The highest BCUT2D eigenvalue weighted by Gasteiger charge is 2.27. The van der Waals surface area contributed by atoms with E-state index >= 15 is 0 Å². The first-order chi connectivity index (χ1) is 9.47. The third-order valence-corrected chi connectivity index (χ3v) is 5.71. The number of rotatable bonds is 8. The lowest BCUT2D eigenvalue weighted by atomic mass is 10.3. The van der Waals surface area contributed by atoms with E-state index in [1.807, 2.05) is 20.2 Å². The van der Waals surface area contributed by atoms with Crippen molar-refractivity contribution >= 4 is 21.8 Å². The summed E-state index contributed by atoms with van der Waals surface area (Å²) in [7, 11) is -0.0479. The van der Waals surface area contributed by atoms with E-state index < -0.39 is 10.0 Å². The van der Waals surface area contributed by atoms with Gasteiger partial charge < -0.3 is 5.32 Å². The maximum atomic E-state index is 12.5. The zero-order valence-corrected chi connectivity index (χ0v) is 14.1. The lowest BCUT2D eigenvalue weighted by molar-refractivity contribution is 0.384. The second-order valence-electron chi connectivity index (χ2n) is 4.57. The molecule has 0 aliphatic rings. The average Bonchev–Trinajstić information content (AvgIpc) is 2.45. The van der Waals surface area contributed by atoms with Gasteiger partial charge in [0.2, 0.25) is 0 Å². The van der Waals surface area contributed by atoms with Crippen molar-refractivity contribution in [3.05, 3.63) is 23.9 Å². The molecule has 0 saturated heterocycles. The molecule has 0 spiro atoms. The average molecular weight is 317 g/mol. The van der Waals surface area contributed by atoms with Crippen LogP contribution in [0.1, 0.15) is 18.9 Å². The van der Waals surface area contributed by atoms with E-state index in [9.17, 15) is 8.42 Å². The van der Waals surface area contributed by atoms with Crippen molar-refractivity contribution < 1.29 is 8.42 Å². The molecule has 0 aliphatic heterocycles. The zero-order chi connectivity index (χ0) is 15.2.